The molecule has 0 bridgehead atoms. The van der Waals surface area contributed by atoms with E-state index in [-0.39, 0.29) is 0 Å². The van der Waals surface area contributed by atoms with Crippen LogP contribution in [0, 0.1) is 0 Å². The van der Waals surface area contributed by atoms with E-state index in [0.717, 1.165) is 19.6 Å². The van der Waals surface area contributed by atoms with E-state index in [2.05, 4.69) is 22.9 Å². The van der Waals surface area contributed by atoms with Crippen LogP contribution in [-0.4, -0.2) is 29.5 Å². The number of pyridine rings is 1. The van der Waals surface area contributed by atoms with Gasteiger partial charge in [-0.05, 0) is 18.2 Å². The Morgan fingerprint density at radius 3 is 2.92 bits per heavy atom. The predicted octanol–water partition coefficient (Wildman–Crippen LogP) is 0.862. The zero-order valence-electron chi connectivity index (χ0n) is 8.11. The van der Waals surface area contributed by atoms with Gasteiger partial charge in [0.25, 0.3) is 0 Å². The Hall–Kier alpha value is -0.930. The SMILES string of the molecule is CCN(CCN)Cc1cccnc1. The van der Waals surface area contributed by atoms with Crippen molar-refractivity contribution in [3.63, 3.8) is 0 Å². The first kappa shape index (κ1) is 10.2. The van der Waals surface area contributed by atoms with Crippen LogP contribution in [0.25, 0.3) is 0 Å². The largest absolute Gasteiger partial charge is 0.329 e. The van der Waals surface area contributed by atoms with Gasteiger partial charge in [0.1, 0.15) is 0 Å². The lowest BCUT2D eigenvalue weighted by molar-refractivity contribution is 0.288. The molecule has 1 aromatic rings. The highest BCUT2D eigenvalue weighted by molar-refractivity contribution is 5.07. The summed E-state index contributed by atoms with van der Waals surface area (Å²) in [5.74, 6) is 0. The quantitative estimate of drug-likeness (QED) is 0.729. The van der Waals surface area contributed by atoms with Crippen LogP contribution in [-0.2, 0) is 6.54 Å². The Labute approximate surface area is 79.6 Å². The predicted molar refractivity (Wildman–Crippen MR) is 54.2 cm³/mol. The average Bonchev–Trinajstić information content (AvgIpc) is 2.19. The summed E-state index contributed by atoms with van der Waals surface area (Å²) in [7, 11) is 0. The second-order valence-corrected chi connectivity index (χ2v) is 3.02. The van der Waals surface area contributed by atoms with Crippen molar-refractivity contribution in [3.8, 4) is 0 Å². The average molecular weight is 179 g/mol. The van der Waals surface area contributed by atoms with Crippen LogP contribution in [0.1, 0.15) is 12.5 Å². The van der Waals surface area contributed by atoms with E-state index in [1.807, 2.05) is 12.3 Å². The highest BCUT2D eigenvalue weighted by Crippen LogP contribution is 2.01. The smallest absolute Gasteiger partial charge is 0.0312 e. The van der Waals surface area contributed by atoms with Crippen LogP contribution in [0.15, 0.2) is 24.5 Å². The number of rotatable bonds is 5. The summed E-state index contributed by atoms with van der Waals surface area (Å²) in [5, 5.41) is 0. The summed E-state index contributed by atoms with van der Waals surface area (Å²) in [5.41, 5.74) is 6.75. The molecule has 0 aliphatic rings. The highest BCUT2D eigenvalue weighted by atomic mass is 15.1. The van der Waals surface area contributed by atoms with Crippen LogP contribution < -0.4 is 5.73 Å². The molecule has 0 aliphatic carbocycles. The minimum atomic E-state index is 0.716. The summed E-state index contributed by atoms with van der Waals surface area (Å²) in [6.45, 7) is 5.79. The second-order valence-electron chi connectivity index (χ2n) is 3.02. The maximum Gasteiger partial charge on any atom is 0.0312 e. The second kappa shape index (κ2) is 5.67. The first-order chi connectivity index (χ1) is 6.36. The standard InChI is InChI=1S/C10H17N3/c1-2-13(7-5-11)9-10-4-3-6-12-8-10/h3-4,6,8H,2,5,7,9,11H2,1H3. The van der Waals surface area contributed by atoms with Gasteiger partial charge in [-0.15, -0.1) is 0 Å². The molecule has 0 aliphatic heterocycles. The lowest BCUT2D eigenvalue weighted by Gasteiger charge is -2.18. The maximum atomic E-state index is 5.50. The molecule has 1 aromatic heterocycles. The molecule has 0 atom stereocenters. The third kappa shape index (κ3) is 3.53. The Morgan fingerprint density at radius 1 is 1.54 bits per heavy atom. The van der Waals surface area contributed by atoms with Gasteiger partial charge in [-0.2, -0.15) is 0 Å². The monoisotopic (exact) mass is 179 g/mol. The number of hydrogen-bond acceptors (Lipinski definition) is 3. The fourth-order valence-corrected chi connectivity index (χ4v) is 1.28. The van der Waals surface area contributed by atoms with Gasteiger partial charge in [0.2, 0.25) is 0 Å². The van der Waals surface area contributed by atoms with Gasteiger partial charge in [0.15, 0.2) is 0 Å². The molecule has 0 aromatic carbocycles. The first-order valence-electron chi connectivity index (χ1n) is 4.68. The van der Waals surface area contributed by atoms with Gasteiger partial charge < -0.3 is 5.73 Å². The molecule has 13 heavy (non-hydrogen) atoms. The summed E-state index contributed by atoms with van der Waals surface area (Å²) >= 11 is 0. The van der Waals surface area contributed by atoms with E-state index in [4.69, 9.17) is 5.73 Å². The van der Waals surface area contributed by atoms with Crippen LogP contribution >= 0.6 is 0 Å². The molecule has 0 saturated heterocycles. The van der Waals surface area contributed by atoms with E-state index in [1.54, 1.807) is 6.20 Å². The molecule has 1 heterocycles. The molecule has 72 valence electrons. The molecule has 0 amide bonds. The van der Waals surface area contributed by atoms with Crippen molar-refractivity contribution in [2.24, 2.45) is 5.73 Å². The van der Waals surface area contributed by atoms with Crippen molar-refractivity contribution in [2.75, 3.05) is 19.6 Å². The normalized spacial score (nSPS) is 10.7. The van der Waals surface area contributed by atoms with E-state index in [9.17, 15) is 0 Å². The molecular formula is C10H17N3. The number of nitrogens with two attached hydrogens (primary N) is 1. The molecule has 0 unspecified atom stereocenters. The van der Waals surface area contributed by atoms with Gasteiger partial charge in [-0.25, -0.2) is 0 Å². The maximum absolute atomic E-state index is 5.50. The molecule has 3 nitrogen and oxygen atoms in total. The van der Waals surface area contributed by atoms with Gasteiger partial charge in [0.05, 0.1) is 0 Å². The molecule has 0 fully saturated rings. The third-order valence-corrected chi connectivity index (χ3v) is 2.02. The molecule has 0 saturated carbocycles. The fourth-order valence-electron chi connectivity index (χ4n) is 1.28. The number of nitrogens with zero attached hydrogens (tertiary/aromatic N) is 2. The van der Waals surface area contributed by atoms with Crippen molar-refractivity contribution in [1.82, 2.24) is 9.88 Å². The topological polar surface area (TPSA) is 42.1 Å². The molecule has 0 spiro atoms. The lowest BCUT2D eigenvalue weighted by Crippen LogP contribution is -2.28. The van der Waals surface area contributed by atoms with Gasteiger partial charge in [-0.3, -0.25) is 9.88 Å². The van der Waals surface area contributed by atoms with Gasteiger partial charge >= 0.3 is 0 Å². The van der Waals surface area contributed by atoms with E-state index >= 15 is 0 Å². The Morgan fingerprint density at radius 2 is 2.38 bits per heavy atom. The van der Waals surface area contributed by atoms with Gasteiger partial charge in [-0.1, -0.05) is 13.0 Å². The molecule has 0 radical (unpaired) electrons. The zero-order valence-corrected chi connectivity index (χ0v) is 8.11. The minimum absolute atomic E-state index is 0.716. The first-order valence-corrected chi connectivity index (χ1v) is 4.68. The van der Waals surface area contributed by atoms with Crippen molar-refractivity contribution >= 4 is 0 Å². The Bertz CT molecular complexity index is 223. The van der Waals surface area contributed by atoms with Crippen molar-refractivity contribution in [3.05, 3.63) is 30.1 Å². The number of likely N-dealkylation sites (N-methyl/N-ethyl adjacent to an activating group) is 1. The third-order valence-electron chi connectivity index (χ3n) is 2.02. The van der Waals surface area contributed by atoms with Crippen molar-refractivity contribution in [1.29, 1.82) is 0 Å². The molecular weight excluding hydrogens is 162 g/mol. The summed E-state index contributed by atoms with van der Waals surface area (Å²) < 4.78 is 0. The minimum Gasteiger partial charge on any atom is -0.329 e. The molecule has 3 heteroatoms. The highest BCUT2D eigenvalue weighted by Gasteiger charge is 2.01. The van der Waals surface area contributed by atoms with Crippen LogP contribution in [0.3, 0.4) is 0 Å². The summed E-state index contributed by atoms with van der Waals surface area (Å²) in [6, 6.07) is 4.05. The van der Waals surface area contributed by atoms with E-state index in [0.29, 0.717) is 6.54 Å². The van der Waals surface area contributed by atoms with Crippen LogP contribution in [0.5, 0.6) is 0 Å². The van der Waals surface area contributed by atoms with Crippen LogP contribution in [0.2, 0.25) is 0 Å². The van der Waals surface area contributed by atoms with Crippen LogP contribution in [0.4, 0.5) is 0 Å². The van der Waals surface area contributed by atoms with E-state index in [1.165, 1.54) is 5.56 Å². The summed E-state index contributed by atoms with van der Waals surface area (Å²) in [4.78, 5) is 6.38. The molecule has 1 rings (SSSR count). The van der Waals surface area contributed by atoms with Gasteiger partial charge in [0, 0.05) is 32.0 Å². The Balaban J connectivity index is 2.46. The lowest BCUT2D eigenvalue weighted by atomic mass is 10.2. The zero-order chi connectivity index (χ0) is 9.52. The van der Waals surface area contributed by atoms with E-state index < -0.39 is 0 Å². The van der Waals surface area contributed by atoms with Crippen molar-refractivity contribution in [2.45, 2.75) is 13.5 Å². The Kier molecular flexibility index (Phi) is 4.43. The summed E-state index contributed by atoms with van der Waals surface area (Å²) in [6.07, 6.45) is 3.70. The number of hydrogen-bond donors (Lipinski definition) is 1. The number of aromatic nitrogens is 1. The fraction of sp³-hybridized carbons (Fsp3) is 0.500. The van der Waals surface area contributed by atoms with Crippen molar-refractivity contribution < 1.29 is 0 Å². The molecule has 2 N–H and O–H groups in total.